The Labute approximate surface area is 427 Å². The van der Waals surface area contributed by atoms with Gasteiger partial charge < -0.3 is 20.3 Å². The average Bonchev–Trinajstić information content (AvgIpc) is 3.34. The number of aliphatic hydroxyl groups is 2. The van der Waals surface area contributed by atoms with Crippen LogP contribution in [-0.2, 0) is 14.3 Å². The molecule has 0 saturated heterocycles. The SMILES string of the molecule is CC\C=C/C=C/C=C/C=C\C=C\C=C\CCCC(CC(=O)NC(CO)C(O)CCCCCCCCCCCCCCCCCC)OC(=O)CCCCCCCCCCC/C=C/CCCCCCCC. The van der Waals surface area contributed by atoms with Crippen molar-refractivity contribution in [1.82, 2.24) is 5.32 Å². The van der Waals surface area contributed by atoms with Gasteiger partial charge in [-0.15, -0.1) is 0 Å². The molecule has 1 amide bonds. The number of carbonyl (C=O) groups excluding carboxylic acids is 2. The fourth-order valence-electron chi connectivity index (χ4n) is 8.70. The van der Waals surface area contributed by atoms with Crippen LogP contribution < -0.4 is 5.32 Å². The third kappa shape index (κ3) is 51.2. The van der Waals surface area contributed by atoms with Crippen LogP contribution in [0.15, 0.2) is 85.1 Å². The molecule has 0 aliphatic carbocycles. The number of hydrogen-bond acceptors (Lipinski definition) is 5. The van der Waals surface area contributed by atoms with E-state index in [-0.39, 0.29) is 24.9 Å². The van der Waals surface area contributed by atoms with Crippen LogP contribution in [-0.4, -0.2) is 46.9 Å². The third-order valence-electron chi connectivity index (χ3n) is 13.1. The number of aliphatic hydroxyl groups excluding tert-OH is 2. The molecule has 0 aromatic carbocycles. The highest BCUT2D eigenvalue weighted by molar-refractivity contribution is 5.77. The summed E-state index contributed by atoms with van der Waals surface area (Å²) < 4.78 is 5.92. The van der Waals surface area contributed by atoms with E-state index >= 15 is 0 Å². The second-order valence-electron chi connectivity index (χ2n) is 19.8. The van der Waals surface area contributed by atoms with Crippen molar-refractivity contribution in [3.63, 3.8) is 0 Å². The number of allylic oxidation sites excluding steroid dienone is 14. The minimum atomic E-state index is -0.813. The Balaban J connectivity index is 4.63. The molecular formula is C63H111NO5. The number of rotatable bonds is 52. The number of nitrogens with one attached hydrogen (secondary N) is 1. The maximum atomic E-state index is 13.3. The molecule has 6 nitrogen and oxygen atoms in total. The summed E-state index contributed by atoms with van der Waals surface area (Å²) in [5.74, 6) is -0.548. The summed E-state index contributed by atoms with van der Waals surface area (Å²) in [4.78, 5) is 26.3. The lowest BCUT2D eigenvalue weighted by Crippen LogP contribution is -2.46. The van der Waals surface area contributed by atoms with Gasteiger partial charge in [-0.2, -0.15) is 0 Å². The van der Waals surface area contributed by atoms with Crippen molar-refractivity contribution in [2.45, 2.75) is 296 Å². The molecule has 0 radical (unpaired) electrons. The molecule has 0 spiro atoms. The lowest BCUT2D eigenvalue weighted by molar-refractivity contribution is -0.151. The molecular weight excluding hydrogens is 851 g/mol. The lowest BCUT2D eigenvalue weighted by Gasteiger charge is -2.24. The van der Waals surface area contributed by atoms with Crippen LogP contribution in [0.25, 0.3) is 0 Å². The van der Waals surface area contributed by atoms with E-state index in [2.05, 4.69) is 50.4 Å². The van der Waals surface area contributed by atoms with Gasteiger partial charge in [0.15, 0.2) is 0 Å². The van der Waals surface area contributed by atoms with Crippen LogP contribution in [0.5, 0.6) is 0 Å². The first-order chi connectivity index (χ1) is 34.0. The second-order valence-corrected chi connectivity index (χ2v) is 19.8. The van der Waals surface area contributed by atoms with Crippen LogP contribution >= 0.6 is 0 Å². The van der Waals surface area contributed by atoms with E-state index in [4.69, 9.17) is 4.74 Å². The molecule has 3 atom stereocenters. The molecule has 0 aliphatic rings. The number of carbonyl (C=O) groups is 2. The Hall–Kier alpha value is -2.96. The average molecular weight is 963 g/mol. The van der Waals surface area contributed by atoms with E-state index in [1.165, 1.54) is 173 Å². The third-order valence-corrected chi connectivity index (χ3v) is 13.1. The van der Waals surface area contributed by atoms with Gasteiger partial charge >= 0.3 is 5.97 Å². The van der Waals surface area contributed by atoms with Crippen molar-refractivity contribution in [3.05, 3.63) is 85.1 Å². The van der Waals surface area contributed by atoms with Crippen molar-refractivity contribution < 1.29 is 24.5 Å². The van der Waals surface area contributed by atoms with Gasteiger partial charge in [0.2, 0.25) is 5.91 Å². The van der Waals surface area contributed by atoms with Crippen molar-refractivity contribution >= 4 is 11.9 Å². The molecule has 0 heterocycles. The van der Waals surface area contributed by atoms with Gasteiger partial charge in [0.1, 0.15) is 6.10 Å². The maximum Gasteiger partial charge on any atom is 0.306 e. The Morgan fingerprint density at radius 2 is 0.812 bits per heavy atom. The highest BCUT2D eigenvalue weighted by Gasteiger charge is 2.24. The maximum absolute atomic E-state index is 13.3. The molecule has 3 N–H and O–H groups in total. The molecule has 0 saturated carbocycles. The van der Waals surface area contributed by atoms with Crippen LogP contribution in [0.1, 0.15) is 278 Å². The topological polar surface area (TPSA) is 95.9 Å². The molecule has 0 aromatic rings. The summed E-state index contributed by atoms with van der Waals surface area (Å²) in [5, 5.41) is 23.9. The number of unbranched alkanes of at least 4 members (excludes halogenated alkanes) is 31. The number of esters is 1. The largest absolute Gasteiger partial charge is 0.462 e. The van der Waals surface area contributed by atoms with Gasteiger partial charge in [-0.25, -0.2) is 0 Å². The predicted molar refractivity (Wildman–Crippen MR) is 301 cm³/mol. The predicted octanol–water partition coefficient (Wildman–Crippen LogP) is 18.3. The van der Waals surface area contributed by atoms with Gasteiger partial charge in [-0.05, 0) is 64.2 Å². The van der Waals surface area contributed by atoms with Crippen molar-refractivity contribution in [2.24, 2.45) is 0 Å². The molecule has 398 valence electrons. The Bertz CT molecular complexity index is 1310. The molecule has 0 aliphatic heterocycles. The zero-order valence-electron chi connectivity index (χ0n) is 45.4. The van der Waals surface area contributed by atoms with Crippen molar-refractivity contribution in [1.29, 1.82) is 0 Å². The molecule has 0 rings (SSSR count). The highest BCUT2D eigenvalue weighted by Crippen LogP contribution is 2.18. The van der Waals surface area contributed by atoms with Gasteiger partial charge in [0, 0.05) is 6.42 Å². The van der Waals surface area contributed by atoms with Crippen LogP contribution in [0.4, 0.5) is 0 Å². The molecule has 6 heteroatoms. The van der Waals surface area contributed by atoms with E-state index in [1.54, 1.807) is 0 Å². The highest BCUT2D eigenvalue weighted by atomic mass is 16.5. The summed E-state index contributed by atoms with van der Waals surface area (Å²) in [6.45, 7) is 6.34. The molecule has 0 bridgehead atoms. The number of amides is 1. The normalized spacial score (nSPS) is 13.8. The first kappa shape index (κ1) is 66.0. The van der Waals surface area contributed by atoms with Crippen LogP contribution in [0.3, 0.4) is 0 Å². The zero-order chi connectivity index (χ0) is 50.2. The van der Waals surface area contributed by atoms with E-state index in [1.807, 2.05) is 60.8 Å². The molecule has 0 aromatic heterocycles. The minimum absolute atomic E-state index is 0.0233. The fraction of sp³-hybridized carbons (Fsp3) is 0.746. The second kappa shape index (κ2) is 56.0. The molecule has 0 fully saturated rings. The Kier molecular flexibility index (Phi) is 53.6. The van der Waals surface area contributed by atoms with Crippen LogP contribution in [0, 0.1) is 0 Å². The molecule has 3 unspecified atom stereocenters. The van der Waals surface area contributed by atoms with Gasteiger partial charge in [-0.3, -0.25) is 9.59 Å². The monoisotopic (exact) mass is 962 g/mol. The first-order valence-electron chi connectivity index (χ1n) is 29.4. The van der Waals surface area contributed by atoms with Gasteiger partial charge in [0.05, 0.1) is 25.2 Å². The lowest BCUT2D eigenvalue weighted by atomic mass is 10.0. The number of hydrogen-bond donors (Lipinski definition) is 3. The summed E-state index contributed by atoms with van der Waals surface area (Å²) in [5.41, 5.74) is 0. The Morgan fingerprint density at radius 3 is 1.25 bits per heavy atom. The standard InChI is InChI=1S/C63H111NO5/c1-4-7-10-13-16-19-22-25-28-30-31-32-35-38-41-44-47-50-53-56-63(68)69-59(54-51-48-45-42-39-36-33-27-24-21-18-15-12-9-6-3)57-62(67)64-60(58-65)61(66)55-52-49-46-43-40-37-34-29-26-23-20-17-14-11-8-5-2/h9,12,15,18,21,24-25,27-28,33,36,39,42,45,59-61,65-66H,4-8,10-11,13-14,16-17,19-20,22-23,26,29-32,34-35,37-38,40-41,43-44,46-58H2,1-3H3,(H,64,67)/b12-9-,18-15+,24-21+,28-25+,33-27-,39-36+,45-42+. The van der Waals surface area contributed by atoms with E-state index in [9.17, 15) is 19.8 Å². The van der Waals surface area contributed by atoms with Crippen LogP contribution in [0.2, 0.25) is 0 Å². The summed E-state index contributed by atoms with van der Waals surface area (Å²) in [7, 11) is 0. The fourth-order valence-corrected chi connectivity index (χ4v) is 8.70. The van der Waals surface area contributed by atoms with E-state index in [0.717, 1.165) is 57.8 Å². The smallest absolute Gasteiger partial charge is 0.306 e. The van der Waals surface area contributed by atoms with E-state index < -0.39 is 18.2 Å². The van der Waals surface area contributed by atoms with Gasteiger partial charge in [-0.1, -0.05) is 286 Å². The summed E-state index contributed by atoms with van der Waals surface area (Å²) in [6, 6.07) is -0.731. The summed E-state index contributed by atoms with van der Waals surface area (Å²) in [6.07, 6.45) is 73.7. The first-order valence-corrected chi connectivity index (χ1v) is 29.4. The quantitative estimate of drug-likeness (QED) is 0.0244. The Morgan fingerprint density at radius 1 is 0.435 bits per heavy atom. The zero-order valence-corrected chi connectivity index (χ0v) is 45.4. The van der Waals surface area contributed by atoms with Crippen molar-refractivity contribution in [2.75, 3.05) is 6.61 Å². The number of ether oxygens (including phenoxy) is 1. The van der Waals surface area contributed by atoms with Gasteiger partial charge in [0.25, 0.3) is 0 Å². The summed E-state index contributed by atoms with van der Waals surface area (Å²) >= 11 is 0. The van der Waals surface area contributed by atoms with E-state index in [0.29, 0.717) is 19.3 Å². The van der Waals surface area contributed by atoms with Crippen molar-refractivity contribution in [3.8, 4) is 0 Å². The molecule has 69 heavy (non-hydrogen) atoms. The minimum Gasteiger partial charge on any atom is -0.462 e.